The maximum atomic E-state index is 11.8. The largest absolute Gasteiger partial charge is 0.463 e. The summed E-state index contributed by atoms with van der Waals surface area (Å²) in [6.07, 6.45) is -0.388. The van der Waals surface area contributed by atoms with Crippen molar-refractivity contribution in [3.8, 4) is 0 Å². The van der Waals surface area contributed by atoms with Gasteiger partial charge in [-0.25, -0.2) is 14.4 Å². The zero-order chi connectivity index (χ0) is 15.7. The molecule has 1 atom stereocenters. The van der Waals surface area contributed by atoms with E-state index >= 15 is 0 Å². The van der Waals surface area contributed by atoms with Gasteiger partial charge in [0.05, 0.1) is 13.7 Å². The van der Waals surface area contributed by atoms with Gasteiger partial charge in [-0.1, -0.05) is 30.3 Å². The average molecular weight is 294 g/mol. The first kappa shape index (κ1) is 16.7. The van der Waals surface area contributed by atoms with E-state index in [1.54, 1.807) is 6.92 Å². The minimum absolute atomic E-state index is 0.163. The molecular formula is C15H18O6. The number of hydrogen-bond donors (Lipinski definition) is 0. The lowest BCUT2D eigenvalue weighted by atomic mass is 10.1. The van der Waals surface area contributed by atoms with Gasteiger partial charge in [-0.15, -0.1) is 0 Å². The standard InChI is InChI=1S/C15H18O6/c1-3-20-13(16)12(21-15(18)14(17)19-2)10-9-11-7-5-4-6-8-11/h4-8,12H,3,9-10H2,1-2H3. The maximum absolute atomic E-state index is 11.8. The van der Waals surface area contributed by atoms with Crippen LogP contribution in [-0.4, -0.2) is 37.7 Å². The molecule has 0 bridgehead atoms. The van der Waals surface area contributed by atoms with Gasteiger partial charge >= 0.3 is 17.9 Å². The highest BCUT2D eigenvalue weighted by molar-refractivity contribution is 6.29. The van der Waals surface area contributed by atoms with Gasteiger partial charge in [0, 0.05) is 0 Å². The normalized spacial score (nSPS) is 11.3. The number of benzene rings is 1. The van der Waals surface area contributed by atoms with E-state index in [0.29, 0.717) is 6.42 Å². The van der Waals surface area contributed by atoms with Gasteiger partial charge in [0.2, 0.25) is 0 Å². The van der Waals surface area contributed by atoms with E-state index in [1.165, 1.54) is 0 Å². The summed E-state index contributed by atoms with van der Waals surface area (Å²) in [6.45, 7) is 1.81. The summed E-state index contributed by atoms with van der Waals surface area (Å²) < 4.78 is 13.9. The van der Waals surface area contributed by atoms with Crippen LogP contribution < -0.4 is 0 Å². The Labute approximate surface area is 123 Å². The Morgan fingerprint density at radius 3 is 2.33 bits per heavy atom. The number of ether oxygens (including phenoxy) is 3. The quantitative estimate of drug-likeness (QED) is 0.446. The van der Waals surface area contributed by atoms with E-state index in [-0.39, 0.29) is 13.0 Å². The molecule has 1 unspecified atom stereocenters. The first-order valence-corrected chi connectivity index (χ1v) is 6.58. The van der Waals surface area contributed by atoms with Crippen LogP contribution in [0, 0.1) is 0 Å². The molecule has 1 aromatic carbocycles. The summed E-state index contributed by atoms with van der Waals surface area (Å²) in [5, 5.41) is 0. The van der Waals surface area contributed by atoms with Crippen molar-refractivity contribution in [2.75, 3.05) is 13.7 Å². The van der Waals surface area contributed by atoms with Crippen LogP contribution in [0.1, 0.15) is 18.9 Å². The van der Waals surface area contributed by atoms with Crippen molar-refractivity contribution in [3.63, 3.8) is 0 Å². The molecule has 21 heavy (non-hydrogen) atoms. The van der Waals surface area contributed by atoms with Crippen LogP contribution >= 0.6 is 0 Å². The number of esters is 3. The summed E-state index contributed by atoms with van der Waals surface area (Å²) in [6, 6.07) is 9.41. The lowest BCUT2D eigenvalue weighted by Gasteiger charge is -2.15. The second kappa shape index (κ2) is 8.73. The Hall–Kier alpha value is -2.37. The van der Waals surface area contributed by atoms with Crippen molar-refractivity contribution >= 4 is 17.9 Å². The second-order valence-electron chi connectivity index (χ2n) is 4.16. The van der Waals surface area contributed by atoms with Crippen LogP contribution in [0.3, 0.4) is 0 Å². The fourth-order valence-electron chi connectivity index (χ4n) is 1.66. The molecule has 0 saturated heterocycles. The molecule has 114 valence electrons. The van der Waals surface area contributed by atoms with Crippen LogP contribution in [-0.2, 0) is 35.0 Å². The van der Waals surface area contributed by atoms with Crippen LogP contribution in [0.2, 0.25) is 0 Å². The molecule has 1 rings (SSSR count). The van der Waals surface area contributed by atoms with Crippen molar-refractivity contribution in [2.24, 2.45) is 0 Å². The molecule has 0 aromatic heterocycles. The number of rotatable bonds is 6. The van der Waals surface area contributed by atoms with Crippen molar-refractivity contribution in [3.05, 3.63) is 35.9 Å². The van der Waals surface area contributed by atoms with Crippen molar-refractivity contribution in [1.82, 2.24) is 0 Å². The van der Waals surface area contributed by atoms with E-state index in [2.05, 4.69) is 4.74 Å². The topological polar surface area (TPSA) is 78.9 Å². The summed E-state index contributed by atoms with van der Waals surface area (Å²) in [5.74, 6) is -3.03. The molecule has 0 aliphatic rings. The SMILES string of the molecule is CCOC(=O)C(CCc1ccccc1)OC(=O)C(=O)OC. The lowest BCUT2D eigenvalue weighted by molar-refractivity contribution is -0.176. The van der Waals surface area contributed by atoms with E-state index < -0.39 is 24.0 Å². The van der Waals surface area contributed by atoms with Gasteiger partial charge in [-0.05, 0) is 25.3 Å². The fraction of sp³-hybridized carbons (Fsp3) is 0.400. The molecule has 0 saturated carbocycles. The van der Waals surface area contributed by atoms with Gasteiger partial charge in [-0.3, -0.25) is 0 Å². The van der Waals surface area contributed by atoms with Crippen LogP contribution in [0.15, 0.2) is 30.3 Å². The minimum Gasteiger partial charge on any atom is -0.463 e. The summed E-state index contributed by atoms with van der Waals surface area (Å²) in [5.41, 5.74) is 0.987. The Morgan fingerprint density at radius 1 is 1.10 bits per heavy atom. The zero-order valence-electron chi connectivity index (χ0n) is 12.0. The van der Waals surface area contributed by atoms with E-state index in [0.717, 1.165) is 12.7 Å². The zero-order valence-corrected chi connectivity index (χ0v) is 12.0. The lowest BCUT2D eigenvalue weighted by Crippen LogP contribution is -2.33. The number of hydrogen-bond acceptors (Lipinski definition) is 6. The van der Waals surface area contributed by atoms with E-state index in [1.807, 2.05) is 30.3 Å². The Kier molecular flexibility index (Phi) is 6.94. The first-order chi connectivity index (χ1) is 10.1. The summed E-state index contributed by atoms with van der Waals surface area (Å²) in [4.78, 5) is 34.2. The predicted octanol–water partition coefficient (Wildman–Crippen LogP) is 1.27. The number of methoxy groups -OCH3 is 1. The number of aryl methyl sites for hydroxylation is 1. The van der Waals surface area contributed by atoms with Crippen LogP contribution in [0.25, 0.3) is 0 Å². The predicted molar refractivity (Wildman–Crippen MR) is 73.3 cm³/mol. The monoisotopic (exact) mass is 294 g/mol. The average Bonchev–Trinajstić information content (AvgIpc) is 2.51. The number of carbonyl (C=O) groups is 3. The van der Waals surface area contributed by atoms with Gasteiger partial charge < -0.3 is 14.2 Å². The van der Waals surface area contributed by atoms with Crippen molar-refractivity contribution < 1.29 is 28.6 Å². The van der Waals surface area contributed by atoms with E-state index in [9.17, 15) is 14.4 Å². The van der Waals surface area contributed by atoms with Crippen LogP contribution in [0.5, 0.6) is 0 Å². The third-order valence-corrected chi connectivity index (χ3v) is 2.69. The highest BCUT2D eigenvalue weighted by Gasteiger charge is 2.28. The van der Waals surface area contributed by atoms with Crippen LogP contribution in [0.4, 0.5) is 0 Å². The maximum Gasteiger partial charge on any atom is 0.418 e. The molecular weight excluding hydrogens is 276 g/mol. The molecule has 6 heteroatoms. The van der Waals surface area contributed by atoms with Gasteiger partial charge in [0.25, 0.3) is 0 Å². The third kappa shape index (κ3) is 5.64. The van der Waals surface area contributed by atoms with Gasteiger partial charge in [-0.2, -0.15) is 0 Å². The Balaban J connectivity index is 2.66. The smallest absolute Gasteiger partial charge is 0.418 e. The first-order valence-electron chi connectivity index (χ1n) is 6.58. The molecule has 0 aliphatic carbocycles. The molecule has 0 fully saturated rings. The van der Waals surface area contributed by atoms with Gasteiger partial charge in [0.1, 0.15) is 0 Å². The molecule has 1 aromatic rings. The Bertz CT molecular complexity index is 482. The van der Waals surface area contributed by atoms with Crippen molar-refractivity contribution in [2.45, 2.75) is 25.9 Å². The third-order valence-electron chi connectivity index (χ3n) is 2.69. The highest BCUT2D eigenvalue weighted by Crippen LogP contribution is 2.10. The fourth-order valence-corrected chi connectivity index (χ4v) is 1.66. The summed E-state index contributed by atoms with van der Waals surface area (Å²) in [7, 11) is 1.06. The molecule has 0 amide bonds. The second-order valence-corrected chi connectivity index (χ2v) is 4.16. The Morgan fingerprint density at radius 2 is 1.76 bits per heavy atom. The molecule has 0 N–H and O–H groups in total. The molecule has 0 radical (unpaired) electrons. The van der Waals surface area contributed by atoms with E-state index in [4.69, 9.17) is 9.47 Å². The molecule has 0 spiro atoms. The summed E-state index contributed by atoms with van der Waals surface area (Å²) >= 11 is 0. The highest BCUT2D eigenvalue weighted by atomic mass is 16.6. The molecule has 0 heterocycles. The number of carbonyl (C=O) groups excluding carboxylic acids is 3. The van der Waals surface area contributed by atoms with Crippen molar-refractivity contribution in [1.29, 1.82) is 0 Å². The van der Waals surface area contributed by atoms with Gasteiger partial charge in [0.15, 0.2) is 6.10 Å². The molecule has 6 nitrogen and oxygen atoms in total. The minimum atomic E-state index is -1.20. The molecule has 0 aliphatic heterocycles.